The number of rotatable bonds is 15. The van der Waals surface area contributed by atoms with Gasteiger partial charge in [0.25, 0.3) is 0 Å². The first-order valence-corrected chi connectivity index (χ1v) is 13.2. The molecule has 8 heteroatoms. The van der Waals surface area contributed by atoms with Crippen LogP contribution in [0.25, 0.3) is 0 Å². The number of benzene rings is 1. The van der Waals surface area contributed by atoms with Gasteiger partial charge in [-0.1, -0.05) is 30.4 Å². The van der Waals surface area contributed by atoms with Crippen LogP contribution < -0.4 is 4.74 Å². The zero-order valence-electron chi connectivity index (χ0n) is 22.0. The maximum absolute atomic E-state index is 12.8. The van der Waals surface area contributed by atoms with Gasteiger partial charge < -0.3 is 19.7 Å². The second-order valence-electron chi connectivity index (χ2n) is 9.73. The predicted molar refractivity (Wildman–Crippen MR) is 143 cm³/mol. The molecule has 4 atom stereocenters. The summed E-state index contributed by atoms with van der Waals surface area (Å²) in [6, 6.07) is 4.51. The number of unbranched alkanes of at least 4 members (excludes halogenated alkanes) is 1. The summed E-state index contributed by atoms with van der Waals surface area (Å²) >= 11 is 0. The Kier molecular flexibility index (Phi) is 13.7. The van der Waals surface area contributed by atoms with Crippen molar-refractivity contribution in [2.24, 2.45) is 17.8 Å². The Balaban J connectivity index is 1.71. The van der Waals surface area contributed by atoms with Gasteiger partial charge in [-0.15, -0.1) is 24.7 Å². The van der Waals surface area contributed by atoms with Gasteiger partial charge in [0.15, 0.2) is 0 Å². The normalized spacial score (nSPS) is 20.3. The van der Waals surface area contributed by atoms with Gasteiger partial charge >= 0.3 is 12.1 Å². The molecule has 0 spiro atoms. The molecule has 0 saturated heterocycles. The highest BCUT2D eigenvalue weighted by atomic mass is 19.4. The minimum Gasteiger partial charge on any atom is -0.491 e. The lowest BCUT2D eigenvalue weighted by Gasteiger charge is -2.18. The number of aliphatic hydroxyl groups is 2. The first-order chi connectivity index (χ1) is 18.6. The molecule has 0 unspecified atom stereocenters. The third-order valence-corrected chi connectivity index (χ3v) is 6.62. The highest BCUT2D eigenvalue weighted by molar-refractivity contribution is 5.69. The molecule has 0 radical (unpaired) electrons. The molecule has 39 heavy (non-hydrogen) atoms. The Bertz CT molecular complexity index is 1020. The predicted octanol–water partition coefficient (Wildman–Crippen LogP) is 5.71. The Labute approximate surface area is 229 Å². The minimum atomic E-state index is -4.47. The van der Waals surface area contributed by atoms with E-state index >= 15 is 0 Å². The van der Waals surface area contributed by atoms with Crippen molar-refractivity contribution in [1.29, 1.82) is 0 Å². The van der Waals surface area contributed by atoms with Crippen molar-refractivity contribution < 1.29 is 37.7 Å². The Morgan fingerprint density at radius 1 is 1.15 bits per heavy atom. The molecule has 1 aliphatic rings. The van der Waals surface area contributed by atoms with Crippen LogP contribution in [-0.4, -0.2) is 41.6 Å². The van der Waals surface area contributed by atoms with Gasteiger partial charge in [0.05, 0.1) is 18.3 Å². The Morgan fingerprint density at radius 2 is 1.90 bits per heavy atom. The van der Waals surface area contributed by atoms with E-state index in [4.69, 9.17) is 22.3 Å². The molecule has 1 aromatic rings. The summed E-state index contributed by atoms with van der Waals surface area (Å²) in [5.74, 6) is 4.84. The molecule has 0 aliphatic heterocycles. The first kappa shape index (κ1) is 32.0. The van der Waals surface area contributed by atoms with E-state index in [0.717, 1.165) is 18.6 Å². The molecule has 0 amide bonds. The maximum Gasteiger partial charge on any atom is 0.416 e. The van der Waals surface area contributed by atoms with Crippen molar-refractivity contribution in [3.8, 4) is 30.4 Å². The second kappa shape index (κ2) is 16.7. The van der Waals surface area contributed by atoms with Crippen molar-refractivity contribution in [3.63, 3.8) is 0 Å². The van der Waals surface area contributed by atoms with Gasteiger partial charge in [-0.05, 0) is 62.1 Å². The molecule has 5 nitrogen and oxygen atoms in total. The standard InChI is InChI=1S/C31H37F3O5/c1-3-10-23(11-4-2)21-39-30(37)15-8-6-5-7-14-28-24(17-19-29(28)36)16-18-26(35)22-38-27-13-9-12-25(20-27)31(32,33)34/h1-2,5,7,9,12-13,16,18,20,23-24,26,28-29,35-36H,6,8,10-11,14-15,17,19,21-22H2/b7-5-,18-16+/t24-,26+,28+,29-/m0/s1. The number of hydrogen-bond donors (Lipinski definition) is 2. The summed E-state index contributed by atoms with van der Waals surface area (Å²) < 4.78 is 49.1. The van der Waals surface area contributed by atoms with Crippen LogP contribution in [0.15, 0.2) is 48.6 Å². The van der Waals surface area contributed by atoms with Crippen LogP contribution >= 0.6 is 0 Å². The largest absolute Gasteiger partial charge is 0.491 e. The summed E-state index contributed by atoms with van der Waals surface area (Å²) in [6.45, 7) is 0.0399. The van der Waals surface area contributed by atoms with Crippen LogP contribution in [0.2, 0.25) is 0 Å². The van der Waals surface area contributed by atoms with E-state index in [2.05, 4.69) is 11.8 Å². The van der Waals surface area contributed by atoms with Crippen molar-refractivity contribution in [2.75, 3.05) is 13.2 Å². The number of esters is 1. The van der Waals surface area contributed by atoms with E-state index in [1.165, 1.54) is 12.1 Å². The number of allylic oxidation sites excluding steroid dienone is 3. The van der Waals surface area contributed by atoms with E-state index < -0.39 is 23.9 Å². The minimum absolute atomic E-state index is 0.0108. The van der Waals surface area contributed by atoms with Crippen LogP contribution in [-0.2, 0) is 15.7 Å². The highest BCUT2D eigenvalue weighted by Crippen LogP contribution is 2.36. The number of terminal acetylenes is 2. The number of alkyl halides is 3. The first-order valence-electron chi connectivity index (χ1n) is 13.2. The van der Waals surface area contributed by atoms with Gasteiger partial charge in [-0.2, -0.15) is 13.2 Å². The summed E-state index contributed by atoms with van der Waals surface area (Å²) in [7, 11) is 0. The summed E-state index contributed by atoms with van der Waals surface area (Å²) in [5, 5.41) is 20.6. The molecule has 0 aromatic heterocycles. The third-order valence-electron chi connectivity index (χ3n) is 6.62. The molecule has 2 N–H and O–H groups in total. The van der Waals surface area contributed by atoms with Gasteiger partial charge in [-0.3, -0.25) is 4.79 Å². The van der Waals surface area contributed by atoms with Crippen LogP contribution in [0.1, 0.15) is 56.9 Å². The van der Waals surface area contributed by atoms with E-state index in [1.54, 1.807) is 6.08 Å². The molecule has 0 bridgehead atoms. The fourth-order valence-electron chi connectivity index (χ4n) is 4.46. The number of ether oxygens (including phenoxy) is 2. The van der Waals surface area contributed by atoms with Crippen LogP contribution in [0.4, 0.5) is 13.2 Å². The van der Waals surface area contributed by atoms with E-state index in [1.807, 2.05) is 18.2 Å². The average Bonchev–Trinajstić information content (AvgIpc) is 3.25. The van der Waals surface area contributed by atoms with Crippen molar-refractivity contribution in [3.05, 3.63) is 54.1 Å². The quantitative estimate of drug-likeness (QED) is 0.128. The van der Waals surface area contributed by atoms with Crippen LogP contribution in [0.3, 0.4) is 0 Å². The molecule has 1 saturated carbocycles. The smallest absolute Gasteiger partial charge is 0.416 e. The monoisotopic (exact) mass is 546 g/mol. The fourth-order valence-corrected chi connectivity index (χ4v) is 4.46. The van der Waals surface area contributed by atoms with Crippen molar-refractivity contribution in [1.82, 2.24) is 0 Å². The lowest BCUT2D eigenvalue weighted by Crippen LogP contribution is -2.19. The van der Waals surface area contributed by atoms with Gasteiger partial charge in [0.1, 0.15) is 18.5 Å². The third kappa shape index (κ3) is 12.0. The number of halogens is 3. The Hall–Kier alpha value is -3.20. The topological polar surface area (TPSA) is 76.0 Å². The average molecular weight is 547 g/mol. The molecular weight excluding hydrogens is 509 g/mol. The van der Waals surface area contributed by atoms with E-state index in [9.17, 15) is 28.2 Å². The Morgan fingerprint density at radius 3 is 2.59 bits per heavy atom. The summed E-state index contributed by atoms with van der Waals surface area (Å²) in [6.07, 6.45) is 16.7. The molecule has 1 aliphatic carbocycles. The zero-order valence-corrected chi connectivity index (χ0v) is 22.0. The van der Waals surface area contributed by atoms with Crippen LogP contribution in [0, 0.1) is 42.4 Å². The molecule has 212 valence electrons. The molecular formula is C31H37F3O5. The number of carbonyl (C=O) groups excluding carboxylic acids is 1. The second-order valence-corrected chi connectivity index (χ2v) is 9.73. The number of aliphatic hydroxyl groups excluding tert-OH is 2. The number of carbonyl (C=O) groups is 1. The van der Waals surface area contributed by atoms with E-state index in [-0.39, 0.29) is 42.7 Å². The van der Waals surface area contributed by atoms with Crippen molar-refractivity contribution >= 4 is 5.97 Å². The lowest BCUT2D eigenvalue weighted by molar-refractivity contribution is -0.145. The highest BCUT2D eigenvalue weighted by Gasteiger charge is 2.32. The van der Waals surface area contributed by atoms with Gasteiger partial charge in [0.2, 0.25) is 0 Å². The van der Waals surface area contributed by atoms with E-state index in [0.29, 0.717) is 44.9 Å². The molecule has 1 aromatic carbocycles. The molecule has 1 fully saturated rings. The SMILES string of the molecule is C#CCC(CC#C)COC(=O)CCC/C=C\C[C@H]1[C@@H](O)CC[C@@H]1/C=C/[C@@H](O)COc1cccc(C(F)(F)F)c1. The summed E-state index contributed by atoms with van der Waals surface area (Å²) in [4.78, 5) is 11.9. The van der Waals surface area contributed by atoms with Gasteiger partial charge in [0, 0.05) is 25.2 Å². The molecule has 2 rings (SSSR count). The van der Waals surface area contributed by atoms with Crippen LogP contribution in [0.5, 0.6) is 5.75 Å². The van der Waals surface area contributed by atoms with Gasteiger partial charge in [-0.25, -0.2) is 0 Å². The fraction of sp³-hybridized carbons (Fsp3) is 0.516. The summed E-state index contributed by atoms with van der Waals surface area (Å²) in [5.41, 5.74) is -0.814. The zero-order chi connectivity index (χ0) is 28.7. The number of hydrogen-bond acceptors (Lipinski definition) is 5. The lowest BCUT2D eigenvalue weighted by atomic mass is 9.90. The molecule has 0 heterocycles. The van der Waals surface area contributed by atoms with Crippen molar-refractivity contribution in [2.45, 2.75) is 69.8 Å². The maximum atomic E-state index is 12.8.